The van der Waals surface area contributed by atoms with Gasteiger partial charge in [0, 0.05) is 11.3 Å². The highest BCUT2D eigenvalue weighted by Crippen LogP contribution is 2.38. The number of nitrogens with two attached hydrogens (primary N) is 1. The van der Waals surface area contributed by atoms with E-state index in [0.717, 1.165) is 11.3 Å². The largest absolute Gasteiger partial charge is 0.462 e. The molecule has 1 aromatic heterocycles. The number of H-pyrrole nitrogens is 1. The maximum atomic E-state index is 12.2. The topological polar surface area (TPSA) is 77.3 Å². The summed E-state index contributed by atoms with van der Waals surface area (Å²) in [6, 6.07) is 17.0. The average molecular weight is 336 g/mol. The molecular formula is C20H20N2O3. The van der Waals surface area contributed by atoms with Crippen LogP contribution in [0.25, 0.3) is 11.3 Å². The van der Waals surface area contributed by atoms with Crippen LogP contribution in [0, 0.1) is 6.92 Å². The van der Waals surface area contributed by atoms with Crippen LogP contribution in [0.4, 0.5) is 5.69 Å². The van der Waals surface area contributed by atoms with Gasteiger partial charge in [-0.05, 0) is 38.1 Å². The number of aryl methyl sites for hydroxylation is 1. The van der Waals surface area contributed by atoms with E-state index in [-0.39, 0.29) is 0 Å². The summed E-state index contributed by atoms with van der Waals surface area (Å²) in [4.78, 5) is 15.3. The lowest BCUT2D eigenvalue weighted by atomic mass is 10.1. The summed E-state index contributed by atoms with van der Waals surface area (Å²) in [5, 5.41) is 0. The lowest BCUT2D eigenvalue weighted by Crippen LogP contribution is -2.07. The molecule has 0 fully saturated rings. The minimum absolute atomic E-state index is 0.298. The van der Waals surface area contributed by atoms with Crippen molar-refractivity contribution in [2.45, 2.75) is 13.8 Å². The minimum atomic E-state index is -0.429. The molecule has 0 saturated heterocycles. The van der Waals surface area contributed by atoms with E-state index >= 15 is 0 Å². The van der Waals surface area contributed by atoms with Gasteiger partial charge < -0.3 is 20.2 Å². The van der Waals surface area contributed by atoms with Gasteiger partial charge in [-0.25, -0.2) is 4.79 Å². The molecule has 3 rings (SSSR count). The van der Waals surface area contributed by atoms with Gasteiger partial charge in [0.1, 0.15) is 17.1 Å². The molecule has 25 heavy (non-hydrogen) atoms. The second kappa shape index (κ2) is 7.13. The van der Waals surface area contributed by atoms with Crippen LogP contribution in [0.15, 0.2) is 54.6 Å². The third-order valence-electron chi connectivity index (χ3n) is 3.83. The highest BCUT2D eigenvalue weighted by atomic mass is 16.5. The van der Waals surface area contributed by atoms with Crippen LogP contribution in [-0.4, -0.2) is 17.6 Å². The van der Waals surface area contributed by atoms with Crippen molar-refractivity contribution in [1.29, 1.82) is 0 Å². The Hall–Kier alpha value is -3.21. The van der Waals surface area contributed by atoms with E-state index in [4.69, 9.17) is 15.2 Å². The first kappa shape index (κ1) is 16.6. The molecule has 1 heterocycles. The van der Waals surface area contributed by atoms with Crippen LogP contribution < -0.4 is 10.5 Å². The number of anilines is 1. The summed E-state index contributed by atoms with van der Waals surface area (Å²) < 4.78 is 11.1. The Morgan fingerprint density at radius 3 is 2.48 bits per heavy atom. The van der Waals surface area contributed by atoms with Crippen LogP contribution >= 0.6 is 0 Å². The van der Waals surface area contributed by atoms with E-state index in [9.17, 15) is 4.79 Å². The maximum Gasteiger partial charge on any atom is 0.342 e. The van der Waals surface area contributed by atoms with Gasteiger partial charge in [-0.1, -0.05) is 30.3 Å². The lowest BCUT2D eigenvalue weighted by molar-refractivity contribution is 0.0527. The Kier molecular flexibility index (Phi) is 4.75. The van der Waals surface area contributed by atoms with Gasteiger partial charge in [-0.3, -0.25) is 0 Å². The van der Waals surface area contributed by atoms with E-state index in [1.54, 1.807) is 13.8 Å². The van der Waals surface area contributed by atoms with Crippen molar-refractivity contribution in [2.24, 2.45) is 0 Å². The van der Waals surface area contributed by atoms with E-state index in [1.165, 1.54) is 0 Å². The number of esters is 1. The highest BCUT2D eigenvalue weighted by Gasteiger charge is 2.22. The molecule has 0 amide bonds. The first-order valence-electron chi connectivity index (χ1n) is 8.09. The van der Waals surface area contributed by atoms with Crippen molar-refractivity contribution < 1.29 is 14.3 Å². The molecule has 2 aromatic carbocycles. The second-order valence-corrected chi connectivity index (χ2v) is 5.55. The SMILES string of the molecule is CCOC(=O)c1c(C)[nH]c(-c2ccccc2Oc2ccccc2)c1N. The van der Waals surface area contributed by atoms with E-state index in [0.29, 0.717) is 35.0 Å². The van der Waals surface area contributed by atoms with Crippen molar-refractivity contribution >= 4 is 11.7 Å². The van der Waals surface area contributed by atoms with Crippen molar-refractivity contribution in [3.63, 3.8) is 0 Å². The molecule has 5 nitrogen and oxygen atoms in total. The van der Waals surface area contributed by atoms with Crippen molar-refractivity contribution in [3.8, 4) is 22.8 Å². The van der Waals surface area contributed by atoms with Gasteiger partial charge in [0.15, 0.2) is 0 Å². The number of rotatable bonds is 5. The van der Waals surface area contributed by atoms with Crippen molar-refractivity contribution in [1.82, 2.24) is 4.98 Å². The number of nitrogen functional groups attached to an aromatic ring is 1. The number of para-hydroxylation sites is 2. The number of ether oxygens (including phenoxy) is 2. The summed E-state index contributed by atoms with van der Waals surface area (Å²) in [6.07, 6.45) is 0. The Balaban J connectivity index is 2.03. The Morgan fingerprint density at radius 1 is 1.08 bits per heavy atom. The first-order chi connectivity index (χ1) is 12.1. The summed E-state index contributed by atoms with van der Waals surface area (Å²) in [5.41, 5.74) is 9.06. The molecule has 5 heteroatoms. The lowest BCUT2D eigenvalue weighted by Gasteiger charge is -2.11. The third-order valence-corrected chi connectivity index (χ3v) is 3.83. The molecule has 0 saturated carbocycles. The number of carbonyl (C=O) groups excluding carboxylic acids is 1. The normalized spacial score (nSPS) is 10.5. The van der Waals surface area contributed by atoms with E-state index < -0.39 is 5.97 Å². The van der Waals surface area contributed by atoms with Gasteiger partial charge in [0.25, 0.3) is 0 Å². The third kappa shape index (κ3) is 3.35. The molecule has 3 N–H and O–H groups in total. The van der Waals surface area contributed by atoms with Crippen molar-refractivity contribution in [2.75, 3.05) is 12.3 Å². The zero-order chi connectivity index (χ0) is 17.8. The van der Waals surface area contributed by atoms with Crippen LogP contribution in [0.1, 0.15) is 23.0 Å². The van der Waals surface area contributed by atoms with E-state index in [2.05, 4.69) is 4.98 Å². The van der Waals surface area contributed by atoms with Gasteiger partial charge in [0.2, 0.25) is 0 Å². The molecular weight excluding hydrogens is 316 g/mol. The van der Waals surface area contributed by atoms with Crippen LogP contribution in [0.2, 0.25) is 0 Å². The molecule has 0 spiro atoms. The fourth-order valence-electron chi connectivity index (χ4n) is 2.70. The summed E-state index contributed by atoms with van der Waals surface area (Å²) in [7, 11) is 0. The minimum Gasteiger partial charge on any atom is -0.462 e. The number of benzene rings is 2. The monoisotopic (exact) mass is 336 g/mol. The summed E-state index contributed by atoms with van der Waals surface area (Å²) in [6.45, 7) is 3.86. The molecule has 0 atom stereocenters. The van der Waals surface area contributed by atoms with Crippen LogP contribution in [0.3, 0.4) is 0 Å². The maximum absolute atomic E-state index is 12.2. The second-order valence-electron chi connectivity index (χ2n) is 5.55. The number of aromatic amines is 1. The quantitative estimate of drug-likeness (QED) is 0.671. The standard InChI is InChI=1S/C20H20N2O3/c1-3-24-20(23)17-13(2)22-19(18(17)21)15-11-7-8-12-16(15)25-14-9-5-4-6-10-14/h4-12,22H,3,21H2,1-2H3. The van der Waals surface area contributed by atoms with E-state index in [1.807, 2.05) is 54.6 Å². The molecule has 0 aliphatic rings. The van der Waals surface area contributed by atoms with Gasteiger partial charge in [-0.15, -0.1) is 0 Å². The number of nitrogens with one attached hydrogen (secondary N) is 1. The highest BCUT2D eigenvalue weighted by molar-refractivity contribution is 6.01. The number of aromatic nitrogens is 1. The smallest absolute Gasteiger partial charge is 0.342 e. The summed E-state index contributed by atoms with van der Waals surface area (Å²) >= 11 is 0. The number of carbonyl (C=O) groups is 1. The average Bonchev–Trinajstić information content (AvgIpc) is 2.91. The molecule has 0 unspecified atom stereocenters. The molecule has 0 aliphatic heterocycles. The molecule has 0 radical (unpaired) electrons. The van der Waals surface area contributed by atoms with Crippen molar-refractivity contribution in [3.05, 3.63) is 65.9 Å². The first-order valence-corrected chi connectivity index (χ1v) is 8.09. The van der Waals surface area contributed by atoms with Gasteiger partial charge in [-0.2, -0.15) is 0 Å². The molecule has 128 valence electrons. The zero-order valence-corrected chi connectivity index (χ0v) is 14.2. The fourth-order valence-corrected chi connectivity index (χ4v) is 2.70. The van der Waals surface area contributed by atoms with Gasteiger partial charge in [0.05, 0.1) is 18.0 Å². The number of hydrogen-bond donors (Lipinski definition) is 2. The predicted molar refractivity (Wildman–Crippen MR) is 97.9 cm³/mol. The fraction of sp³-hybridized carbons (Fsp3) is 0.150. The Morgan fingerprint density at radius 2 is 1.76 bits per heavy atom. The Labute approximate surface area is 146 Å². The van der Waals surface area contributed by atoms with Crippen LogP contribution in [-0.2, 0) is 4.74 Å². The Bertz CT molecular complexity index is 885. The summed E-state index contributed by atoms with van der Waals surface area (Å²) in [5.74, 6) is 0.945. The van der Waals surface area contributed by atoms with Gasteiger partial charge >= 0.3 is 5.97 Å². The predicted octanol–water partition coefficient (Wildman–Crippen LogP) is 4.54. The molecule has 0 aliphatic carbocycles. The zero-order valence-electron chi connectivity index (χ0n) is 14.2. The molecule has 3 aromatic rings. The number of hydrogen-bond acceptors (Lipinski definition) is 4. The molecule has 0 bridgehead atoms. The van der Waals surface area contributed by atoms with Crippen LogP contribution in [0.5, 0.6) is 11.5 Å².